The molecule has 0 saturated carbocycles. The van der Waals surface area contributed by atoms with Crippen molar-refractivity contribution >= 4 is 5.91 Å². The fourth-order valence-corrected chi connectivity index (χ4v) is 3.23. The zero-order valence-corrected chi connectivity index (χ0v) is 12.9. The SMILES string of the molecule is O=C(C1=CCCCO1)N1C[C@H](O)C[C@@H]1c1ccccc1C(F)(F)F. The topological polar surface area (TPSA) is 49.8 Å². The zero-order chi connectivity index (χ0) is 17.3. The molecular formula is C17H18F3NO3. The van der Waals surface area contributed by atoms with Gasteiger partial charge in [0.15, 0.2) is 5.76 Å². The third kappa shape index (κ3) is 3.26. The van der Waals surface area contributed by atoms with Crippen LogP contribution in [0.15, 0.2) is 36.1 Å². The first-order valence-electron chi connectivity index (χ1n) is 7.86. The minimum absolute atomic E-state index is 0.00358. The van der Waals surface area contributed by atoms with Crippen LogP contribution in [0.2, 0.25) is 0 Å². The summed E-state index contributed by atoms with van der Waals surface area (Å²) in [7, 11) is 0. The van der Waals surface area contributed by atoms with E-state index >= 15 is 0 Å². The summed E-state index contributed by atoms with van der Waals surface area (Å²) in [5, 5.41) is 9.94. The van der Waals surface area contributed by atoms with Crippen molar-refractivity contribution in [2.45, 2.75) is 37.6 Å². The van der Waals surface area contributed by atoms with E-state index in [0.717, 1.165) is 12.5 Å². The Labute approximate surface area is 137 Å². The second kappa shape index (κ2) is 6.47. The van der Waals surface area contributed by atoms with Crippen molar-refractivity contribution in [2.24, 2.45) is 0 Å². The molecule has 4 nitrogen and oxygen atoms in total. The fraction of sp³-hybridized carbons (Fsp3) is 0.471. The number of β-amino-alcohol motifs (C(OH)–C–C–N with tert-alkyl or cyclic N) is 1. The first-order valence-corrected chi connectivity index (χ1v) is 7.86. The molecule has 24 heavy (non-hydrogen) atoms. The molecule has 1 fully saturated rings. The number of likely N-dealkylation sites (tertiary alicyclic amines) is 1. The molecule has 2 heterocycles. The number of aliphatic hydroxyl groups excluding tert-OH is 1. The lowest BCUT2D eigenvalue weighted by Gasteiger charge is -2.28. The molecule has 0 spiro atoms. The average molecular weight is 341 g/mol. The van der Waals surface area contributed by atoms with Gasteiger partial charge in [-0.2, -0.15) is 13.2 Å². The number of carbonyl (C=O) groups excluding carboxylic acids is 1. The van der Waals surface area contributed by atoms with Gasteiger partial charge in [0.2, 0.25) is 0 Å². The highest BCUT2D eigenvalue weighted by Gasteiger charge is 2.42. The van der Waals surface area contributed by atoms with Crippen LogP contribution in [0.25, 0.3) is 0 Å². The summed E-state index contributed by atoms with van der Waals surface area (Å²) in [5.74, 6) is -0.307. The van der Waals surface area contributed by atoms with Crippen LogP contribution in [0.5, 0.6) is 0 Å². The minimum atomic E-state index is -4.51. The summed E-state index contributed by atoms with van der Waals surface area (Å²) in [4.78, 5) is 13.9. The van der Waals surface area contributed by atoms with Crippen LogP contribution in [-0.2, 0) is 15.7 Å². The van der Waals surface area contributed by atoms with Gasteiger partial charge in [0.1, 0.15) is 0 Å². The Hall–Kier alpha value is -2.02. The van der Waals surface area contributed by atoms with Crippen LogP contribution < -0.4 is 0 Å². The molecule has 2 atom stereocenters. The van der Waals surface area contributed by atoms with E-state index in [-0.39, 0.29) is 24.3 Å². The Bertz CT molecular complexity index is 657. The summed E-state index contributed by atoms with van der Waals surface area (Å²) >= 11 is 0. The maximum absolute atomic E-state index is 13.3. The maximum Gasteiger partial charge on any atom is 0.416 e. The summed E-state index contributed by atoms with van der Waals surface area (Å²) in [6, 6.07) is 4.36. The normalized spacial score (nSPS) is 24.5. The van der Waals surface area contributed by atoms with Gasteiger partial charge in [-0.15, -0.1) is 0 Å². The maximum atomic E-state index is 13.3. The van der Waals surface area contributed by atoms with Crippen LogP contribution in [0.1, 0.15) is 36.4 Å². The predicted molar refractivity (Wildman–Crippen MR) is 79.8 cm³/mol. The molecule has 2 aliphatic rings. The molecule has 7 heteroatoms. The van der Waals surface area contributed by atoms with Crippen LogP contribution in [0, 0.1) is 0 Å². The number of aliphatic hydroxyl groups is 1. The van der Waals surface area contributed by atoms with E-state index < -0.39 is 29.8 Å². The van der Waals surface area contributed by atoms with Gasteiger partial charge in [0, 0.05) is 6.54 Å². The minimum Gasteiger partial charge on any atom is -0.488 e. The molecule has 1 aromatic rings. The number of halogens is 3. The van der Waals surface area contributed by atoms with Gasteiger partial charge in [0.25, 0.3) is 5.91 Å². The van der Waals surface area contributed by atoms with Crippen molar-refractivity contribution in [3.05, 3.63) is 47.2 Å². The third-order valence-electron chi connectivity index (χ3n) is 4.31. The first-order chi connectivity index (χ1) is 11.4. The van der Waals surface area contributed by atoms with Crippen molar-refractivity contribution < 1.29 is 27.8 Å². The first kappa shape index (κ1) is 16.8. The molecule has 0 aliphatic carbocycles. The van der Waals surface area contributed by atoms with Crippen molar-refractivity contribution in [1.29, 1.82) is 0 Å². The van der Waals surface area contributed by atoms with Crippen LogP contribution in [-0.4, -0.2) is 35.2 Å². The highest BCUT2D eigenvalue weighted by Crippen LogP contribution is 2.41. The number of rotatable bonds is 2. The molecule has 1 amide bonds. The lowest BCUT2D eigenvalue weighted by atomic mass is 9.97. The molecule has 0 bridgehead atoms. The molecule has 0 radical (unpaired) electrons. The smallest absolute Gasteiger partial charge is 0.416 e. The van der Waals surface area contributed by atoms with Gasteiger partial charge in [-0.25, -0.2) is 0 Å². The second-order valence-electron chi connectivity index (χ2n) is 6.01. The Morgan fingerprint density at radius 3 is 2.71 bits per heavy atom. The molecule has 3 rings (SSSR count). The molecule has 0 aromatic heterocycles. The number of benzene rings is 1. The van der Waals surface area contributed by atoms with E-state index in [1.807, 2.05) is 0 Å². The van der Waals surface area contributed by atoms with Crippen LogP contribution in [0.3, 0.4) is 0 Å². The Morgan fingerprint density at radius 2 is 2.04 bits per heavy atom. The van der Waals surface area contributed by atoms with E-state index in [9.17, 15) is 23.1 Å². The number of hydrogen-bond donors (Lipinski definition) is 1. The second-order valence-corrected chi connectivity index (χ2v) is 6.01. The Kier molecular flexibility index (Phi) is 4.54. The number of alkyl halides is 3. The van der Waals surface area contributed by atoms with E-state index in [1.54, 1.807) is 6.08 Å². The quantitative estimate of drug-likeness (QED) is 0.900. The number of hydrogen-bond acceptors (Lipinski definition) is 3. The monoisotopic (exact) mass is 341 g/mol. The van der Waals surface area contributed by atoms with Crippen molar-refractivity contribution in [1.82, 2.24) is 4.90 Å². The number of allylic oxidation sites excluding steroid dienone is 1. The largest absolute Gasteiger partial charge is 0.488 e. The number of ether oxygens (including phenoxy) is 1. The third-order valence-corrected chi connectivity index (χ3v) is 4.31. The summed E-state index contributed by atoms with van der Waals surface area (Å²) in [6.07, 6.45) is -2.14. The lowest BCUT2D eigenvalue weighted by Crippen LogP contribution is -2.35. The van der Waals surface area contributed by atoms with E-state index in [2.05, 4.69) is 0 Å². The number of carbonyl (C=O) groups is 1. The highest BCUT2D eigenvalue weighted by atomic mass is 19.4. The number of nitrogens with zero attached hydrogens (tertiary/aromatic N) is 1. The molecule has 0 unspecified atom stereocenters. The molecule has 1 N–H and O–H groups in total. The van der Waals surface area contributed by atoms with Crippen molar-refractivity contribution in [2.75, 3.05) is 13.2 Å². The fourth-order valence-electron chi connectivity index (χ4n) is 3.23. The van der Waals surface area contributed by atoms with Crippen molar-refractivity contribution in [3.63, 3.8) is 0 Å². The van der Waals surface area contributed by atoms with E-state index in [0.29, 0.717) is 13.0 Å². The van der Waals surface area contributed by atoms with E-state index in [4.69, 9.17) is 4.74 Å². The predicted octanol–water partition coefficient (Wildman–Crippen LogP) is 3.03. The Morgan fingerprint density at radius 1 is 1.29 bits per heavy atom. The molecule has 130 valence electrons. The van der Waals surface area contributed by atoms with Gasteiger partial charge in [-0.3, -0.25) is 4.79 Å². The summed E-state index contributed by atoms with van der Waals surface area (Å²) < 4.78 is 45.2. The summed E-state index contributed by atoms with van der Waals surface area (Å²) in [5.41, 5.74) is -0.772. The van der Waals surface area contributed by atoms with Crippen LogP contribution >= 0.6 is 0 Å². The van der Waals surface area contributed by atoms with Gasteiger partial charge in [0.05, 0.1) is 24.3 Å². The molecular weight excluding hydrogens is 323 g/mol. The standard InChI is InChI=1S/C17H18F3NO3/c18-17(19,20)13-6-2-1-5-12(13)14-9-11(22)10-21(14)16(23)15-7-3-4-8-24-15/h1-2,5-7,11,14,22H,3-4,8-10H2/t11-,14-/m1/s1. The zero-order valence-electron chi connectivity index (χ0n) is 12.9. The summed E-state index contributed by atoms with van der Waals surface area (Å²) in [6.45, 7) is 0.411. The molecule has 1 aromatic carbocycles. The molecule has 1 saturated heterocycles. The Balaban J connectivity index is 1.94. The lowest BCUT2D eigenvalue weighted by molar-refractivity contribution is -0.140. The van der Waals surface area contributed by atoms with Crippen LogP contribution in [0.4, 0.5) is 13.2 Å². The van der Waals surface area contributed by atoms with Gasteiger partial charge in [-0.05, 0) is 37.0 Å². The van der Waals surface area contributed by atoms with Gasteiger partial charge >= 0.3 is 6.18 Å². The van der Waals surface area contributed by atoms with E-state index in [1.165, 1.54) is 23.1 Å². The molecule has 2 aliphatic heterocycles. The van der Waals surface area contributed by atoms with Gasteiger partial charge in [-0.1, -0.05) is 18.2 Å². The highest BCUT2D eigenvalue weighted by molar-refractivity contribution is 5.92. The van der Waals surface area contributed by atoms with Crippen molar-refractivity contribution in [3.8, 4) is 0 Å². The van der Waals surface area contributed by atoms with Gasteiger partial charge < -0.3 is 14.7 Å². The number of amides is 1. The average Bonchev–Trinajstić information content (AvgIpc) is 2.96.